The van der Waals surface area contributed by atoms with Crippen LogP contribution in [0.15, 0.2) is 12.7 Å². The van der Waals surface area contributed by atoms with Gasteiger partial charge in [-0.05, 0) is 6.92 Å². The first-order valence-corrected chi connectivity index (χ1v) is 8.73. The predicted molar refractivity (Wildman–Crippen MR) is 100 cm³/mol. The molecule has 0 rings (SSSR count). The smallest absolute Gasteiger partial charge is 0.0473 e. The van der Waals surface area contributed by atoms with E-state index in [2.05, 4.69) is 48.1 Å². The van der Waals surface area contributed by atoms with E-state index in [0.29, 0.717) is 0 Å². The molecule has 0 aromatic rings. The summed E-state index contributed by atoms with van der Waals surface area (Å²) in [6.45, 7) is 26.3. The van der Waals surface area contributed by atoms with Crippen LogP contribution < -0.4 is 0 Å². The molecular weight excluding hydrogens is 228 g/mol. The van der Waals surface area contributed by atoms with Gasteiger partial charge >= 0.3 is 0 Å². The molecule has 0 nitrogen and oxygen atoms in total. The van der Waals surface area contributed by atoms with Crippen LogP contribution in [0, 0.1) is 0 Å². The van der Waals surface area contributed by atoms with E-state index in [0.717, 1.165) is 0 Å². The molecule has 0 bridgehead atoms. The Kier molecular flexibility index (Phi) is 209. The fourth-order valence-corrected chi connectivity index (χ4v) is 0. The zero-order valence-corrected chi connectivity index (χ0v) is 16.5. The number of unbranched alkanes of at least 4 members (excludes halogenated alkanes) is 3. The highest BCUT2D eigenvalue weighted by atomic mass is 13.6. The summed E-state index contributed by atoms with van der Waals surface area (Å²) < 4.78 is 0. The maximum Gasteiger partial charge on any atom is -0.0473 e. The lowest BCUT2D eigenvalue weighted by Gasteiger charge is -1.68. The second-order valence-corrected chi connectivity index (χ2v) is 3.41. The van der Waals surface area contributed by atoms with Crippen molar-refractivity contribution in [2.24, 2.45) is 0 Å². The second-order valence-electron chi connectivity index (χ2n) is 3.41. The molecule has 0 heteroatoms. The van der Waals surface area contributed by atoms with Crippen molar-refractivity contribution in [2.75, 3.05) is 0 Å². The van der Waals surface area contributed by atoms with Gasteiger partial charge in [0.15, 0.2) is 0 Å². The summed E-state index contributed by atoms with van der Waals surface area (Å²) in [5.41, 5.74) is 0. The van der Waals surface area contributed by atoms with Gasteiger partial charge in [0, 0.05) is 0 Å². The van der Waals surface area contributed by atoms with Crippen LogP contribution >= 0.6 is 0 Å². The van der Waals surface area contributed by atoms with Gasteiger partial charge in [0.05, 0.1) is 0 Å². The van der Waals surface area contributed by atoms with Crippen molar-refractivity contribution in [1.29, 1.82) is 0 Å². The van der Waals surface area contributed by atoms with E-state index in [1.54, 1.807) is 6.08 Å². The van der Waals surface area contributed by atoms with Crippen LogP contribution in [0.2, 0.25) is 0 Å². The Morgan fingerprint density at radius 1 is 0.526 bits per heavy atom. The molecule has 0 saturated carbocycles. The highest BCUT2D eigenvalue weighted by Crippen LogP contribution is 1.77. The molecule has 0 saturated heterocycles. The van der Waals surface area contributed by atoms with Crippen molar-refractivity contribution in [3.63, 3.8) is 0 Å². The van der Waals surface area contributed by atoms with E-state index in [-0.39, 0.29) is 0 Å². The molecule has 0 N–H and O–H groups in total. The molecule has 0 amide bonds. The van der Waals surface area contributed by atoms with Crippen LogP contribution in [0.4, 0.5) is 0 Å². The van der Waals surface area contributed by atoms with Crippen LogP contribution in [-0.2, 0) is 0 Å². The minimum absolute atomic E-state index is 1.32. The van der Waals surface area contributed by atoms with Crippen LogP contribution in [0.5, 0.6) is 0 Å². The predicted octanol–water partition coefficient (Wildman–Crippen LogP) is 8.66. The Bertz CT molecular complexity index is 39.5. The van der Waals surface area contributed by atoms with Crippen molar-refractivity contribution in [3.05, 3.63) is 12.7 Å². The van der Waals surface area contributed by atoms with Crippen LogP contribution in [-0.4, -0.2) is 0 Å². The molecular formula is C19H48. The van der Waals surface area contributed by atoms with Gasteiger partial charge in [-0.2, -0.15) is 0 Å². The molecule has 0 aliphatic heterocycles. The zero-order valence-electron chi connectivity index (χ0n) is 16.5. The third kappa shape index (κ3) is 585. The van der Waals surface area contributed by atoms with Crippen molar-refractivity contribution < 1.29 is 0 Å². The van der Waals surface area contributed by atoms with Gasteiger partial charge < -0.3 is 0 Å². The standard InChI is InChI=1S/3C4H10.C3H6.2C2H6/c3*1-3-4-2;1-3-2;2*1-2/h3*3-4H2,1-2H3;3H,1H2,2H3;2*1-2H3. The Labute approximate surface area is 128 Å². The van der Waals surface area contributed by atoms with E-state index < -0.39 is 0 Å². The quantitative estimate of drug-likeness (QED) is 0.452. The Morgan fingerprint density at radius 3 is 0.579 bits per heavy atom. The molecule has 0 spiro atoms. The molecule has 0 aromatic carbocycles. The number of hydrogen-bond acceptors (Lipinski definition) is 0. The van der Waals surface area contributed by atoms with Crippen molar-refractivity contribution >= 4 is 0 Å². The van der Waals surface area contributed by atoms with E-state index >= 15 is 0 Å². The topological polar surface area (TPSA) is 0 Å². The summed E-state index contributed by atoms with van der Waals surface area (Å²) in [6.07, 6.45) is 9.67. The molecule has 0 fully saturated rings. The summed E-state index contributed by atoms with van der Waals surface area (Å²) in [6, 6.07) is 0. The van der Waals surface area contributed by atoms with Crippen LogP contribution in [0.3, 0.4) is 0 Å². The molecule has 0 aromatic heterocycles. The number of allylic oxidation sites excluding steroid dienone is 1. The zero-order chi connectivity index (χ0) is 16.9. The summed E-state index contributed by atoms with van der Waals surface area (Å²) in [5.74, 6) is 0. The Balaban J connectivity index is -0.0000000274. The van der Waals surface area contributed by atoms with Crippen LogP contribution in [0.25, 0.3) is 0 Å². The molecule has 19 heavy (non-hydrogen) atoms. The first kappa shape index (κ1) is 36.3. The first-order valence-electron chi connectivity index (χ1n) is 8.73. The van der Waals surface area contributed by atoms with E-state index in [4.69, 9.17) is 0 Å². The molecule has 0 unspecified atom stereocenters. The fourth-order valence-electron chi connectivity index (χ4n) is 0. The minimum Gasteiger partial charge on any atom is -0.103 e. The SMILES string of the molecule is C=CC.CC.CC.CCCC.CCCC.CCCC. The highest BCUT2D eigenvalue weighted by Gasteiger charge is 1.57. The lowest BCUT2D eigenvalue weighted by atomic mass is 10.4. The highest BCUT2D eigenvalue weighted by molar-refractivity contribution is 4.51. The molecule has 0 atom stereocenters. The van der Waals surface area contributed by atoms with Gasteiger partial charge in [0.25, 0.3) is 0 Å². The van der Waals surface area contributed by atoms with Gasteiger partial charge in [-0.3, -0.25) is 0 Å². The van der Waals surface area contributed by atoms with Crippen molar-refractivity contribution in [2.45, 2.75) is 115 Å². The van der Waals surface area contributed by atoms with Gasteiger partial charge in [-0.25, -0.2) is 0 Å². The average molecular weight is 277 g/mol. The lowest BCUT2D eigenvalue weighted by molar-refractivity contribution is 0.886. The number of hydrogen-bond donors (Lipinski definition) is 0. The Hall–Kier alpha value is -0.260. The molecule has 0 heterocycles. The lowest BCUT2D eigenvalue weighted by Crippen LogP contribution is -1.47. The van der Waals surface area contributed by atoms with Gasteiger partial charge in [-0.1, -0.05) is 114 Å². The van der Waals surface area contributed by atoms with Gasteiger partial charge in [0.1, 0.15) is 0 Å². The maximum atomic E-state index is 3.36. The van der Waals surface area contributed by atoms with E-state index in [1.807, 2.05) is 34.6 Å². The van der Waals surface area contributed by atoms with Gasteiger partial charge in [0.2, 0.25) is 0 Å². The average Bonchev–Trinajstić information content (AvgIpc) is 2.52. The molecule has 0 aliphatic rings. The monoisotopic (exact) mass is 276 g/mol. The van der Waals surface area contributed by atoms with E-state index in [9.17, 15) is 0 Å². The third-order valence-corrected chi connectivity index (χ3v) is 1.50. The summed E-state index contributed by atoms with van der Waals surface area (Å²) in [4.78, 5) is 0. The summed E-state index contributed by atoms with van der Waals surface area (Å²) >= 11 is 0. The second kappa shape index (κ2) is 109. The third-order valence-electron chi connectivity index (χ3n) is 1.50. The minimum atomic E-state index is 1.32. The summed E-state index contributed by atoms with van der Waals surface area (Å²) in [5, 5.41) is 0. The van der Waals surface area contributed by atoms with E-state index in [1.165, 1.54) is 38.5 Å². The maximum absolute atomic E-state index is 3.36. The molecule has 0 radical (unpaired) electrons. The fraction of sp³-hybridized carbons (Fsp3) is 0.895. The summed E-state index contributed by atoms with van der Waals surface area (Å²) in [7, 11) is 0. The molecule has 124 valence electrons. The largest absolute Gasteiger partial charge is 0.103 e. The molecule has 0 aliphatic carbocycles. The Morgan fingerprint density at radius 2 is 0.579 bits per heavy atom. The first-order chi connectivity index (χ1) is 9.16. The number of rotatable bonds is 3. The van der Waals surface area contributed by atoms with Crippen molar-refractivity contribution in [1.82, 2.24) is 0 Å². The normalized spacial score (nSPS) is 6.05. The van der Waals surface area contributed by atoms with Crippen LogP contribution in [0.1, 0.15) is 115 Å². The van der Waals surface area contributed by atoms with Gasteiger partial charge in [-0.15, -0.1) is 6.58 Å². The van der Waals surface area contributed by atoms with Crippen molar-refractivity contribution in [3.8, 4) is 0 Å².